The van der Waals surface area contributed by atoms with Crippen LogP contribution < -0.4 is 0 Å². The maximum atomic E-state index is 11.5. The van der Waals surface area contributed by atoms with E-state index in [0.29, 0.717) is 6.54 Å². The average molecular weight is 368 g/mol. The van der Waals surface area contributed by atoms with Gasteiger partial charge in [0.2, 0.25) is 0 Å². The molecule has 0 saturated heterocycles. The van der Waals surface area contributed by atoms with Crippen LogP contribution in [0.25, 0.3) is 21.9 Å². The van der Waals surface area contributed by atoms with Crippen LogP contribution in [0.2, 0.25) is 0 Å². The minimum absolute atomic E-state index is 0.385. The van der Waals surface area contributed by atoms with Crippen molar-refractivity contribution >= 4 is 28.0 Å². The number of hydrogen-bond donors (Lipinski definition) is 1. The van der Waals surface area contributed by atoms with Crippen LogP contribution in [0, 0.1) is 0 Å². The second-order valence-electron chi connectivity index (χ2n) is 7.85. The number of fused-ring (bicyclic) bond motifs is 3. The van der Waals surface area contributed by atoms with Crippen molar-refractivity contribution in [2.75, 3.05) is 6.54 Å². The Morgan fingerprint density at radius 3 is 2.59 bits per heavy atom. The van der Waals surface area contributed by atoms with E-state index in [2.05, 4.69) is 22.5 Å². The molecule has 0 aliphatic heterocycles. The molecule has 144 valence electrons. The first-order valence-electron chi connectivity index (χ1n) is 9.56. The number of aryl methyl sites for hydroxylation is 2. The fraction of sp³-hybridized carbons (Fsp3) is 0.476. The second kappa shape index (κ2) is 7.55. The van der Waals surface area contributed by atoms with E-state index in [4.69, 9.17) is 4.98 Å². The number of unbranched alkanes of at least 4 members (excludes halogenated alkanes) is 1. The van der Waals surface area contributed by atoms with E-state index in [9.17, 15) is 9.90 Å². The van der Waals surface area contributed by atoms with Gasteiger partial charge in [0.25, 0.3) is 0 Å². The van der Waals surface area contributed by atoms with E-state index in [-0.39, 0.29) is 5.54 Å². The summed E-state index contributed by atoms with van der Waals surface area (Å²) in [5, 5.41) is 10.6. The van der Waals surface area contributed by atoms with Gasteiger partial charge in [0, 0.05) is 30.4 Å². The fourth-order valence-electron chi connectivity index (χ4n) is 3.58. The van der Waals surface area contributed by atoms with Crippen LogP contribution in [0.15, 0.2) is 30.5 Å². The lowest BCUT2D eigenvalue weighted by molar-refractivity contribution is 0.0989. The summed E-state index contributed by atoms with van der Waals surface area (Å²) in [6.07, 6.45) is 3.55. The molecule has 0 radical (unpaired) electrons. The molecule has 3 rings (SSSR count). The molecule has 0 unspecified atom stereocenters. The highest BCUT2D eigenvalue weighted by Gasteiger charge is 2.25. The standard InChI is InChI=1S/C21H28N4O2/c1-5-18-23-17-14-22-16-11-7-6-10-15(16)19(17)24(18)12-8-9-13-25(20(26)27)21(2,3)4/h6-7,10-11,14H,5,8-9,12-13H2,1-4H3,(H,26,27). The Hall–Kier alpha value is -2.63. The van der Waals surface area contributed by atoms with Crippen molar-refractivity contribution in [2.24, 2.45) is 0 Å². The van der Waals surface area contributed by atoms with Crippen molar-refractivity contribution < 1.29 is 9.90 Å². The molecule has 2 heterocycles. The van der Waals surface area contributed by atoms with Crippen LogP contribution in [0.4, 0.5) is 4.79 Å². The molecule has 0 aliphatic carbocycles. The van der Waals surface area contributed by atoms with Gasteiger partial charge in [-0.3, -0.25) is 4.98 Å². The SMILES string of the molecule is CCc1nc2cnc3ccccc3c2n1CCCCN(C(=O)O)C(C)(C)C. The molecule has 0 saturated carbocycles. The Labute approximate surface area is 159 Å². The molecular weight excluding hydrogens is 340 g/mol. The first-order chi connectivity index (χ1) is 12.8. The summed E-state index contributed by atoms with van der Waals surface area (Å²) >= 11 is 0. The zero-order valence-corrected chi connectivity index (χ0v) is 16.6. The third-order valence-electron chi connectivity index (χ3n) is 4.93. The van der Waals surface area contributed by atoms with Gasteiger partial charge in [-0.25, -0.2) is 9.78 Å². The van der Waals surface area contributed by atoms with E-state index in [1.165, 1.54) is 4.90 Å². The minimum atomic E-state index is -0.859. The molecule has 0 bridgehead atoms. The molecular formula is C21H28N4O2. The topological polar surface area (TPSA) is 71.2 Å². The lowest BCUT2D eigenvalue weighted by atomic mass is 10.1. The van der Waals surface area contributed by atoms with Gasteiger partial charge in [-0.15, -0.1) is 0 Å². The Bertz CT molecular complexity index is 956. The molecule has 0 aliphatic rings. The van der Waals surface area contributed by atoms with E-state index >= 15 is 0 Å². The van der Waals surface area contributed by atoms with Gasteiger partial charge < -0.3 is 14.6 Å². The lowest BCUT2D eigenvalue weighted by Gasteiger charge is -2.33. The fourth-order valence-corrected chi connectivity index (χ4v) is 3.58. The first-order valence-corrected chi connectivity index (χ1v) is 9.56. The van der Waals surface area contributed by atoms with Crippen molar-refractivity contribution in [1.29, 1.82) is 0 Å². The zero-order valence-electron chi connectivity index (χ0n) is 16.6. The third-order valence-corrected chi connectivity index (χ3v) is 4.93. The summed E-state index contributed by atoms with van der Waals surface area (Å²) in [4.78, 5) is 22.3. The summed E-state index contributed by atoms with van der Waals surface area (Å²) < 4.78 is 2.28. The maximum Gasteiger partial charge on any atom is 0.407 e. The van der Waals surface area contributed by atoms with Crippen LogP contribution in [-0.4, -0.2) is 42.7 Å². The Balaban J connectivity index is 1.82. The lowest BCUT2D eigenvalue weighted by Crippen LogP contribution is -2.45. The summed E-state index contributed by atoms with van der Waals surface area (Å²) in [5.41, 5.74) is 2.64. The summed E-state index contributed by atoms with van der Waals surface area (Å²) in [6.45, 7) is 9.26. The largest absolute Gasteiger partial charge is 0.465 e. The number of carbonyl (C=O) groups is 1. The Kier molecular flexibility index (Phi) is 5.35. The first kappa shape index (κ1) is 19.1. The molecule has 27 heavy (non-hydrogen) atoms. The van der Waals surface area contributed by atoms with Gasteiger partial charge in [0.1, 0.15) is 11.3 Å². The smallest absolute Gasteiger partial charge is 0.407 e. The van der Waals surface area contributed by atoms with Gasteiger partial charge in [0.05, 0.1) is 17.2 Å². The summed E-state index contributed by atoms with van der Waals surface area (Å²) in [7, 11) is 0. The van der Waals surface area contributed by atoms with Crippen molar-refractivity contribution in [2.45, 2.75) is 59.0 Å². The molecule has 0 fully saturated rings. The Morgan fingerprint density at radius 1 is 1.19 bits per heavy atom. The van der Waals surface area contributed by atoms with Crippen LogP contribution in [0.5, 0.6) is 0 Å². The number of carboxylic acid groups (broad SMARTS) is 1. The predicted octanol–water partition coefficient (Wildman–Crippen LogP) is 4.71. The van der Waals surface area contributed by atoms with Crippen LogP contribution in [0.1, 0.15) is 46.4 Å². The van der Waals surface area contributed by atoms with E-state index < -0.39 is 6.09 Å². The van der Waals surface area contributed by atoms with Crippen molar-refractivity contribution in [3.63, 3.8) is 0 Å². The number of imidazole rings is 1. The summed E-state index contributed by atoms with van der Waals surface area (Å²) in [5.74, 6) is 1.05. The molecule has 6 heteroatoms. The van der Waals surface area contributed by atoms with Gasteiger partial charge in [-0.1, -0.05) is 25.1 Å². The minimum Gasteiger partial charge on any atom is -0.465 e. The number of amides is 1. The average Bonchev–Trinajstić information content (AvgIpc) is 2.98. The Morgan fingerprint density at radius 2 is 1.93 bits per heavy atom. The van der Waals surface area contributed by atoms with Crippen LogP contribution in [-0.2, 0) is 13.0 Å². The number of nitrogens with zero attached hydrogens (tertiary/aromatic N) is 4. The highest BCUT2D eigenvalue weighted by Crippen LogP contribution is 2.25. The van der Waals surface area contributed by atoms with E-state index in [1.807, 2.05) is 45.2 Å². The van der Waals surface area contributed by atoms with Crippen LogP contribution in [0.3, 0.4) is 0 Å². The van der Waals surface area contributed by atoms with Crippen LogP contribution >= 0.6 is 0 Å². The number of rotatable bonds is 6. The molecule has 0 spiro atoms. The molecule has 1 amide bonds. The zero-order chi connectivity index (χ0) is 19.6. The molecule has 0 atom stereocenters. The number of aromatic nitrogens is 3. The van der Waals surface area contributed by atoms with Crippen molar-refractivity contribution in [1.82, 2.24) is 19.4 Å². The normalized spacial score (nSPS) is 12.0. The van der Waals surface area contributed by atoms with E-state index in [1.54, 1.807) is 0 Å². The van der Waals surface area contributed by atoms with Crippen molar-refractivity contribution in [3.05, 3.63) is 36.3 Å². The van der Waals surface area contributed by atoms with E-state index in [0.717, 1.165) is 53.6 Å². The monoisotopic (exact) mass is 368 g/mol. The predicted molar refractivity (Wildman–Crippen MR) is 108 cm³/mol. The second-order valence-corrected chi connectivity index (χ2v) is 7.85. The van der Waals surface area contributed by atoms with Gasteiger partial charge >= 0.3 is 6.09 Å². The van der Waals surface area contributed by atoms with Gasteiger partial charge in [-0.2, -0.15) is 0 Å². The molecule has 2 aromatic heterocycles. The third kappa shape index (κ3) is 3.89. The molecule has 1 N–H and O–H groups in total. The van der Waals surface area contributed by atoms with Crippen molar-refractivity contribution in [3.8, 4) is 0 Å². The highest BCUT2D eigenvalue weighted by atomic mass is 16.4. The van der Waals surface area contributed by atoms with Gasteiger partial charge in [0.15, 0.2) is 0 Å². The molecule has 3 aromatic rings. The number of para-hydroxylation sites is 1. The highest BCUT2D eigenvalue weighted by molar-refractivity contribution is 6.02. The summed E-state index contributed by atoms with van der Waals surface area (Å²) in [6, 6.07) is 8.13. The number of benzene rings is 1. The number of pyridine rings is 1. The molecule has 6 nitrogen and oxygen atoms in total. The maximum absolute atomic E-state index is 11.5. The quantitative estimate of drug-likeness (QED) is 0.640. The van der Waals surface area contributed by atoms with Gasteiger partial charge in [-0.05, 0) is 39.7 Å². The molecule has 1 aromatic carbocycles. The number of hydrogen-bond acceptors (Lipinski definition) is 3.